The molecule has 0 atom stereocenters. The second-order valence-electron chi connectivity index (χ2n) is 3.00. The third-order valence-corrected chi connectivity index (χ3v) is 2.87. The molecule has 0 saturated heterocycles. The minimum Gasteiger partial charge on any atom is -0.493 e. The number of carboxylic acids is 1. The van der Waals surface area contributed by atoms with Crippen molar-refractivity contribution in [1.82, 2.24) is 0 Å². The summed E-state index contributed by atoms with van der Waals surface area (Å²) in [5, 5.41) is 8.21. The highest BCUT2D eigenvalue weighted by Crippen LogP contribution is 2.33. The molecule has 0 aliphatic carbocycles. The molecule has 0 bridgehead atoms. The van der Waals surface area contributed by atoms with Gasteiger partial charge in [-0.1, -0.05) is 23.2 Å². The molecule has 0 aromatic heterocycles. The Morgan fingerprint density at radius 1 is 1.18 bits per heavy atom. The van der Waals surface area contributed by atoms with Crippen LogP contribution in [0, 0.1) is 0 Å². The molecule has 0 radical (unpaired) electrons. The standard InChI is InChI=1S/C11H10Cl2O4/c1-16-7-4-3-6(5-8(7)17-2)9(12)10(13)11(14)15/h3-5H,1-2H3,(H,14,15). The summed E-state index contributed by atoms with van der Waals surface area (Å²) in [6.45, 7) is 0. The van der Waals surface area contributed by atoms with E-state index >= 15 is 0 Å². The van der Waals surface area contributed by atoms with E-state index in [0.717, 1.165) is 0 Å². The van der Waals surface area contributed by atoms with Crippen molar-refractivity contribution in [2.24, 2.45) is 0 Å². The lowest BCUT2D eigenvalue weighted by Gasteiger charge is -2.09. The molecule has 17 heavy (non-hydrogen) atoms. The first-order valence-electron chi connectivity index (χ1n) is 4.52. The molecule has 1 aromatic carbocycles. The number of carboxylic acid groups (broad SMARTS) is 1. The van der Waals surface area contributed by atoms with Gasteiger partial charge in [-0.2, -0.15) is 0 Å². The Hall–Kier alpha value is -1.39. The Morgan fingerprint density at radius 3 is 2.24 bits per heavy atom. The highest BCUT2D eigenvalue weighted by molar-refractivity contribution is 6.59. The number of rotatable bonds is 4. The van der Waals surface area contributed by atoms with Crippen LogP contribution < -0.4 is 9.47 Å². The lowest BCUT2D eigenvalue weighted by atomic mass is 10.2. The quantitative estimate of drug-likeness (QED) is 0.860. The second-order valence-corrected chi connectivity index (χ2v) is 3.76. The molecular formula is C11H10Cl2O4. The van der Waals surface area contributed by atoms with Crippen LogP contribution in [-0.4, -0.2) is 25.3 Å². The van der Waals surface area contributed by atoms with Gasteiger partial charge in [-0.15, -0.1) is 0 Å². The number of ether oxygens (including phenoxy) is 2. The highest BCUT2D eigenvalue weighted by atomic mass is 35.5. The molecule has 1 N–H and O–H groups in total. The van der Waals surface area contributed by atoms with Crippen LogP contribution in [0.25, 0.3) is 5.03 Å². The Labute approximate surface area is 108 Å². The fraction of sp³-hybridized carbons (Fsp3) is 0.182. The van der Waals surface area contributed by atoms with E-state index in [1.54, 1.807) is 18.2 Å². The summed E-state index contributed by atoms with van der Waals surface area (Å²) in [4.78, 5) is 10.7. The molecular weight excluding hydrogens is 267 g/mol. The van der Waals surface area contributed by atoms with Crippen molar-refractivity contribution in [3.05, 3.63) is 28.8 Å². The fourth-order valence-electron chi connectivity index (χ4n) is 1.19. The molecule has 1 aromatic rings. The SMILES string of the molecule is COc1ccc(C(Cl)=C(Cl)C(=O)O)cc1OC. The summed E-state index contributed by atoms with van der Waals surface area (Å²) in [5.41, 5.74) is 0.441. The highest BCUT2D eigenvalue weighted by Gasteiger charge is 2.14. The van der Waals surface area contributed by atoms with Crippen LogP contribution >= 0.6 is 23.2 Å². The summed E-state index contributed by atoms with van der Waals surface area (Å²) >= 11 is 11.4. The van der Waals surface area contributed by atoms with Crippen molar-refractivity contribution in [1.29, 1.82) is 0 Å². The molecule has 0 fully saturated rings. The Balaban J connectivity index is 3.25. The Bertz CT molecular complexity index is 469. The van der Waals surface area contributed by atoms with Gasteiger partial charge in [-0.25, -0.2) is 4.79 Å². The molecule has 0 aliphatic rings. The summed E-state index contributed by atoms with van der Waals surface area (Å²) in [6.07, 6.45) is 0. The molecule has 6 heteroatoms. The second kappa shape index (κ2) is 5.80. The van der Waals surface area contributed by atoms with Crippen LogP contribution in [0.1, 0.15) is 5.56 Å². The van der Waals surface area contributed by atoms with Crippen molar-refractivity contribution < 1.29 is 19.4 Å². The van der Waals surface area contributed by atoms with Gasteiger partial charge in [0.05, 0.1) is 19.3 Å². The molecule has 4 nitrogen and oxygen atoms in total. The van der Waals surface area contributed by atoms with E-state index in [1.807, 2.05) is 0 Å². The van der Waals surface area contributed by atoms with Crippen LogP contribution in [0.4, 0.5) is 0 Å². The minimum absolute atomic E-state index is 0.0554. The van der Waals surface area contributed by atoms with E-state index in [2.05, 4.69) is 0 Å². The van der Waals surface area contributed by atoms with Gasteiger partial charge in [0.1, 0.15) is 5.03 Å². The topological polar surface area (TPSA) is 55.8 Å². The summed E-state index contributed by atoms with van der Waals surface area (Å²) in [7, 11) is 2.97. The van der Waals surface area contributed by atoms with Gasteiger partial charge in [0.25, 0.3) is 0 Å². The number of aliphatic carboxylic acids is 1. The number of hydrogen-bond acceptors (Lipinski definition) is 3. The first-order chi connectivity index (χ1) is 8.01. The van der Waals surface area contributed by atoms with Gasteiger partial charge in [0, 0.05) is 0 Å². The number of benzene rings is 1. The predicted octanol–water partition coefficient (Wildman–Crippen LogP) is 2.93. The molecule has 1 rings (SSSR count). The average Bonchev–Trinajstić information content (AvgIpc) is 2.35. The van der Waals surface area contributed by atoms with Crippen LogP contribution in [-0.2, 0) is 4.79 Å². The first-order valence-corrected chi connectivity index (χ1v) is 5.27. The minimum atomic E-state index is -1.29. The van der Waals surface area contributed by atoms with Crippen molar-refractivity contribution >= 4 is 34.2 Å². The zero-order chi connectivity index (χ0) is 13.0. The third kappa shape index (κ3) is 3.05. The van der Waals surface area contributed by atoms with Gasteiger partial charge in [-0.3, -0.25) is 0 Å². The zero-order valence-corrected chi connectivity index (χ0v) is 10.7. The molecule has 0 heterocycles. The summed E-state index contributed by atoms with van der Waals surface area (Å²) < 4.78 is 10.1. The number of carbonyl (C=O) groups is 1. The normalized spacial score (nSPS) is 11.8. The van der Waals surface area contributed by atoms with Gasteiger partial charge in [-0.05, 0) is 23.8 Å². The number of hydrogen-bond donors (Lipinski definition) is 1. The van der Waals surface area contributed by atoms with E-state index < -0.39 is 11.0 Å². The van der Waals surface area contributed by atoms with Crippen LogP contribution in [0.5, 0.6) is 11.5 Å². The van der Waals surface area contributed by atoms with Gasteiger partial charge in [0.2, 0.25) is 0 Å². The Morgan fingerprint density at radius 2 is 1.76 bits per heavy atom. The maximum absolute atomic E-state index is 10.7. The van der Waals surface area contributed by atoms with E-state index in [-0.39, 0.29) is 5.03 Å². The molecule has 92 valence electrons. The Kier molecular flexibility index (Phi) is 4.66. The molecule has 0 aliphatic heterocycles. The summed E-state index contributed by atoms with van der Waals surface area (Å²) in [5.74, 6) is -0.323. The van der Waals surface area contributed by atoms with E-state index in [9.17, 15) is 4.79 Å². The van der Waals surface area contributed by atoms with Crippen LogP contribution in [0.15, 0.2) is 23.2 Å². The first kappa shape index (κ1) is 13.7. The van der Waals surface area contributed by atoms with Gasteiger partial charge in [0.15, 0.2) is 11.5 Å². The van der Waals surface area contributed by atoms with Crippen LogP contribution in [0.3, 0.4) is 0 Å². The van der Waals surface area contributed by atoms with E-state index in [4.69, 9.17) is 37.8 Å². The monoisotopic (exact) mass is 276 g/mol. The number of methoxy groups -OCH3 is 2. The largest absolute Gasteiger partial charge is 0.493 e. The van der Waals surface area contributed by atoms with Gasteiger partial charge < -0.3 is 14.6 Å². The van der Waals surface area contributed by atoms with E-state index in [1.165, 1.54) is 14.2 Å². The molecule has 0 unspecified atom stereocenters. The fourth-order valence-corrected chi connectivity index (χ4v) is 1.50. The predicted molar refractivity (Wildman–Crippen MR) is 65.8 cm³/mol. The van der Waals surface area contributed by atoms with Crippen molar-refractivity contribution in [2.45, 2.75) is 0 Å². The summed E-state index contributed by atoms with van der Waals surface area (Å²) in [6, 6.07) is 4.75. The zero-order valence-electron chi connectivity index (χ0n) is 9.16. The molecule has 0 saturated carbocycles. The van der Waals surface area contributed by atoms with Gasteiger partial charge >= 0.3 is 5.97 Å². The average molecular weight is 277 g/mol. The molecule has 0 spiro atoms. The molecule has 0 amide bonds. The van der Waals surface area contributed by atoms with Crippen LogP contribution in [0.2, 0.25) is 0 Å². The van der Waals surface area contributed by atoms with E-state index in [0.29, 0.717) is 17.1 Å². The maximum Gasteiger partial charge on any atom is 0.348 e. The smallest absolute Gasteiger partial charge is 0.348 e. The number of halogens is 2. The van der Waals surface area contributed by atoms with Crippen molar-refractivity contribution in [2.75, 3.05) is 14.2 Å². The lowest BCUT2D eigenvalue weighted by molar-refractivity contribution is -0.131. The van der Waals surface area contributed by atoms with Crippen molar-refractivity contribution in [3.8, 4) is 11.5 Å². The third-order valence-electron chi connectivity index (χ3n) is 2.02. The van der Waals surface area contributed by atoms with Crippen molar-refractivity contribution in [3.63, 3.8) is 0 Å². The maximum atomic E-state index is 10.7. The lowest BCUT2D eigenvalue weighted by Crippen LogP contribution is -1.97.